The third-order valence-corrected chi connectivity index (χ3v) is 4.41. The van der Waals surface area contributed by atoms with Gasteiger partial charge in [0, 0.05) is 32.1 Å². The van der Waals surface area contributed by atoms with Crippen LogP contribution in [0.1, 0.15) is 19.5 Å². The first-order valence-electron chi connectivity index (χ1n) is 8.54. The van der Waals surface area contributed by atoms with Gasteiger partial charge in [-0.2, -0.15) is 0 Å². The summed E-state index contributed by atoms with van der Waals surface area (Å²) in [6.45, 7) is 5.73. The molecule has 1 aromatic carbocycles. The van der Waals surface area contributed by atoms with E-state index in [-0.39, 0.29) is 11.9 Å². The molecule has 1 atom stereocenters. The number of hydrogen-bond donors (Lipinski definition) is 2. The minimum atomic E-state index is -0.307. The molecule has 0 saturated heterocycles. The highest BCUT2D eigenvalue weighted by Gasteiger charge is 2.07. The van der Waals surface area contributed by atoms with Crippen LogP contribution in [-0.2, 0) is 6.54 Å². The lowest BCUT2D eigenvalue weighted by Gasteiger charge is -2.17. The smallest absolute Gasteiger partial charge is 0.191 e. The van der Waals surface area contributed by atoms with Gasteiger partial charge in [-0.25, -0.2) is 14.4 Å². The molecule has 2 rings (SSSR count). The summed E-state index contributed by atoms with van der Waals surface area (Å²) < 4.78 is 18.9. The van der Waals surface area contributed by atoms with Gasteiger partial charge in [-0.3, -0.25) is 0 Å². The van der Waals surface area contributed by atoms with Crippen molar-refractivity contribution in [1.82, 2.24) is 15.6 Å². The molecule has 2 N–H and O–H groups in total. The summed E-state index contributed by atoms with van der Waals surface area (Å²) in [4.78, 5) is 11.1. The molecule has 0 aliphatic rings. The maximum Gasteiger partial charge on any atom is 0.191 e. The Hall–Kier alpha value is -2.35. The molecule has 0 saturated carbocycles. The average Bonchev–Trinajstić information content (AvgIpc) is 3.07. The molecule has 6 nitrogen and oxygen atoms in total. The number of hydrogen-bond acceptors (Lipinski definition) is 5. The predicted molar refractivity (Wildman–Crippen MR) is 106 cm³/mol. The zero-order chi connectivity index (χ0) is 18.9. The van der Waals surface area contributed by atoms with E-state index in [2.05, 4.69) is 20.6 Å². The van der Waals surface area contributed by atoms with Crippen molar-refractivity contribution in [3.63, 3.8) is 0 Å². The van der Waals surface area contributed by atoms with E-state index in [4.69, 9.17) is 4.74 Å². The summed E-state index contributed by atoms with van der Waals surface area (Å²) in [5, 5.41) is 9.41. The first-order valence-corrected chi connectivity index (χ1v) is 9.42. The fraction of sp³-hybridized carbons (Fsp3) is 0.444. The Kier molecular flexibility index (Phi) is 7.65. The molecule has 2 aromatic rings. The number of halogens is 1. The molecule has 0 aliphatic heterocycles. The molecule has 0 bridgehead atoms. The number of anilines is 1. The summed E-state index contributed by atoms with van der Waals surface area (Å²) in [5.41, 5.74) is 0.931. The second-order valence-corrected chi connectivity index (χ2v) is 6.81. The lowest BCUT2D eigenvalue weighted by Crippen LogP contribution is -2.41. The lowest BCUT2D eigenvalue weighted by atomic mass is 10.3. The van der Waals surface area contributed by atoms with Crippen LogP contribution >= 0.6 is 11.3 Å². The minimum absolute atomic E-state index is 0.139. The van der Waals surface area contributed by atoms with Crippen LogP contribution in [-0.4, -0.2) is 44.2 Å². The van der Waals surface area contributed by atoms with Crippen LogP contribution in [0, 0.1) is 5.82 Å². The highest BCUT2D eigenvalue weighted by atomic mass is 32.1. The van der Waals surface area contributed by atoms with Crippen molar-refractivity contribution in [2.45, 2.75) is 26.5 Å². The van der Waals surface area contributed by atoms with Gasteiger partial charge in [0.25, 0.3) is 0 Å². The standard InChI is InChI=1S/C18H26FN5OS/c1-5-20-17(22-11-15-12-26-18(23-15)24(3)4)21-10-13(2)25-16-8-6-7-14(19)9-16/h6-9,12-13H,5,10-11H2,1-4H3,(H2,20,21,22). The van der Waals surface area contributed by atoms with Crippen molar-refractivity contribution in [1.29, 1.82) is 0 Å². The lowest BCUT2D eigenvalue weighted by molar-refractivity contribution is 0.223. The number of aliphatic imine (C=N–C) groups is 1. The van der Waals surface area contributed by atoms with E-state index >= 15 is 0 Å². The van der Waals surface area contributed by atoms with Gasteiger partial charge < -0.3 is 20.3 Å². The third kappa shape index (κ3) is 6.51. The van der Waals surface area contributed by atoms with E-state index in [1.165, 1.54) is 12.1 Å². The first-order chi connectivity index (χ1) is 12.5. The Bertz CT molecular complexity index is 719. The van der Waals surface area contributed by atoms with Gasteiger partial charge in [0.15, 0.2) is 11.1 Å². The van der Waals surface area contributed by atoms with Crippen molar-refractivity contribution in [2.75, 3.05) is 32.1 Å². The van der Waals surface area contributed by atoms with E-state index < -0.39 is 0 Å². The van der Waals surface area contributed by atoms with E-state index in [1.807, 2.05) is 38.2 Å². The molecule has 0 spiro atoms. The number of thiazole rings is 1. The fourth-order valence-electron chi connectivity index (χ4n) is 2.13. The van der Waals surface area contributed by atoms with Crippen LogP contribution in [0.25, 0.3) is 0 Å². The van der Waals surface area contributed by atoms with Gasteiger partial charge in [-0.1, -0.05) is 6.07 Å². The van der Waals surface area contributed by atoms with Crippen LogP contribution in [0.15, 0.2) is 34.6 Å². The molecule has 1 heterocycles. The predicted octanol–water partition coefficient (Wildman–Crippen LogP) is 2.87. The molecule has 0 amide bonds. The molecule has 0 fully saturated rings. The number of guanidine groups is 1. The van der Waals surface area contributed by atoms with Gasteiger partial charge in [-0.15, -0.1) is 11.3 Å². The second kappa shape index (κ2) is 9.96. The van der Waals surface area contributed by atoms with E-state index in [0.717, 1.165) is 17.4 Å². The topological polar surface area (TPSA) is 61.8 Å². The van der Waals surface area contributed by atoms with Gasteiger partial charge >= 0.3 is 0 Å². The van der Waals surface area contributed by atoms with E-state index in [1.54, 1.807) is 23.5 Å². The molecule has 1 aromatic heterocycles. The molecule has 8 heteroatoms. The Morgan fingerprint density at radius 3 is 2.85 bits per heavy atom. The number of nitrogens with one attached hydrogen (secondary N) is 2. The summed E-state index contributed by atoms with van der Waals surface area (Å²) in [7, 11) is 3.94. The number of nitrogens with zero attached hydrogens (tertiary/aromatic N) is 3. The summed E-state index contributed by atoms with van der Waals surface area (Å²) in [6.07, 6.45) is -0.139. The van der Waals surface area contributed by atoms with Crippen LogP contribution in [0.2, 0.25) is 0 Å². The van der Waals surface area contributed by atoms with Gasteiger partial charge in [0.05, 0.1) is 18.8 Å². The molecule has 1 unspecified atom stereocenters. The average molecular weight is 380 g/mol. The normalized spacial score (nSPS) is 12.6. The van der Waals surface area contributed by atoms with Crippen LogP contribution in [0.4, 0.5) is 9.52 Å². The van der Waals surface area contributed by atoms with Crippen LogP contribution in [0.5, 0.6) is 5.75 Å². The summed E-state index contributed by atoms with van der Waals surface area (Å²) in [5.74, 6) is 0.902. The number of rotatable bonds is 8. The number of ether oxygens (including phenoxy) is 1. The van der Waals surface area contributed by atoms with Gasteiger partial charge in [0.1, 0.15) is 17.7 Å². The Balaban J connectivity index is 1.87. The quantitative estimate of drug-likeness (QED) is 0.546. The Morgan fingerprint density at radius 1 is 1.38 bits per heavy atom. The Labute approximate surface area is 158 Å². The Morgan fingerprint density at radius 2 is 2.19 bits per heavy atom. The first kappa shape index (κ1) is 20.0. The maximum absolute atomic E-state index is 13.2. The molecular formula is C18H26FN5OS. The van der Waals surface area contributed by atoms with Crippen molar-refractivity contribution in [2.24, 2.45) is 4.99 Å². The van der Waals surface area contributed by atoms with Crippen molar-refractivity contribution >= 4 is 22.4 Å². The third-order valence-electron chi connectivity index (χ3n) is 3.36. The second-order valence-electron chi connectivity index (χ2n) is 5.98. The zero-order valence-corrected chi connectivity index (χ0v) is 16.4. The molecule has 26 heavy (non-hydrogen) atoms. The van der Waals surface area contributed by atoms with E-state index in [9.17, 15) is 4.39 Å². The van der Waals surface area contributed by atoms with Gasteiger partial charge in [-0.05, 0) is 26.0 Å². The maximum atomic E-state index is 13.2. The van der Waals surface area contributed by atoms with Crippen LogP contribution in [0.3, 0.4) is 0 Å². The molecule has 142 valence electrons. The van der Waals surface area contributed by atoms with E-state index in [0.29, 0.717) is 24.8 Å². The molecule has 0 aliphatic carbocycles. The summed E-state index contributed by atoms with van der Waals surface area (Å²) >= 11 is 1.60. The summed E-state index contributed by atoms with van der Waals surface area (Å²) in [6, 6.07) is 6.14. The number of aromatic nitrogens is 1. The minimum Gasteiger partial charge on any atom is -0.489 e. The van der Waals surface area contributed by atoms with Crippen molar-refractivity contribution < 1.29 is 9.13 Å². The monoisotopic (exact) mass is 379 g/mol. The van der Waals surface area contributed by atoms with Crippen LogP contribution < -0.4 is 20.3 Å². The van der Waals surface area contributed by atoms with Gasteiger partial charge in [0.2, 0.25) is 0 Å². The van der Waals surface area contributed by atoms with Crippen molar-refractivity contribution in [3.05, 3.63) is 41.2 Å². The highest BCUT2D eigenvalue weighted by Crippen LogP contribution is 2.18. The highest BCUT2D eigenvalue weighted by molar-refractivity contribution is 7.13. The fourth-order valence-corrected chi connectivity index (χ4v) is 2.88. The molecule has 0 radical (unpaired) electrons. The zero-order valence-electron chi connectivity index (χ0n) is 15.6. The SMILES string of the molecule is CCNC(=NCc1csc(N(C)C)n1)NCC(C)Oc1cccc(F)c1. The van der Waals surface area contributed by atoms with Crippen molar-refractivity contribution in [3.8, 4) is 5.75 Å². The molecular weight excluding hydrogens is 353 g/mol. The number of benzene rings is 1. The largest absolute Gasteiger partial charge is 0.489 e.